The van der Waals surface area contributed by atoms with Gasteiger partial charge in [-0.1, -0.05) is 24.3 Å². The Kier molecular flexibility index (Phi) is 4.42. The van der Waals surface area contributed by atoms with Gasteiger partial charge in [-0.15, -0.1) is 0 Å². The highest BCUT2D eigenvalue weighted by atomic mass is 16.5. The van der Waals surface area contributed by atoms with E-state index in [2.05, 4.69) is 30.3 Å². The molecule has 112 valence electrons. The Morgan fingerprint density at radius 2 is 2.24 bits per heavy atom. The Hall–Kier alpha value is -1.58. The van der Waals surface area contributed by atoms with Crippen molar-refractivity contribution in [3.8, 4) is 5.75 Å². The molecule has 2 aromatic rings. The van der Waals surface area contributed by atoms with E-state index in [4.69, 9.17) is 15.2 Å². The Morgan fingerprint density at radius 3 is 3.00 bits per heavy atom. The van der Waals surface area contributed by atoms with Crippen LogP contribution in [-0.2, 0) is 11.2 Å². The van der Waals surface area contributed by atoms with Gasteiger partial charge in [0.25, 0.3) is 0 Å². The summed E-state index contributed by atoms with van der Waals surface area (Å²) in [6, 6.07) is 12.8. The molecule has 1 aliphatic heterocycles. The van der Waals surface area contributed by atoms with Gasteiger partial charge in [0.05, 0.1) is 13.7 Å². The van der Waals surface area contributed by atoms with E-state index in [0.717, 1.165) is 31.8 Å². The largest absolute Gasteiger partial charge is 0.497 e. The number of methoxy groups -OCH3 is 1. The third-order valence-electron chi connectivity index (χ3n) is 4.44. The Balaban J connectivity index is 1.85. The van der Waals surface area contributed by atoms with Crippen molar-refractivity contribution in [1.29, 1.82) is 0 Å². The molecule has 2 N–H and O–H groups in total. The van der Waals surface area contributed by atoms with Crippen LogP contribution in [0.3, 0.4) is 0 Å². The van der Waals surface area contributed by atoms with E-state index >= 15 is 0 Å². The molecule has 3 nitrogen and oxygen atoms in total. The fourth-order valence-corrected chi connectivity index (χ4v) is 3.15. The summed E-state index contributed by atoms with van der Waals surface area (Å²) in [5.41, 5.74) is 7.73. The summed E-state index contributed by atoms with van der Waals surface area (Å²) < 4.78 is 10.9. The van der Waals surface area contributed by atoms with Crippen molar-refractivity contribution in [3.05, 3.63) is 42.0 Å². The summed E-state index contributed by atoms with van der Waals surface area (Å²) in [5.74, 6) is 1.36. The fraction of sp³-hybridized carbons (Fsp3) is 0.444. The summed E-state index contributed by atoms with van der Waals surface area (Å²) in [4.78, 5) is 0. The summed E-state index contributed by atoms with van der Waals surface area (Å²) in [6.45, 7) is 1.68. The molecular formula is C18H23NO2. The number of benzene rings is 2. The molecule has 3 heteroatoms. The highest BCUT2D eigenvalue weighted by Gasteiger charge is 2.21. The minimum Gasteiger partial charge on any atom is -0.497 e. The Bertz CT molecular complexity index is 605. The van der Waals surface area contributed by atoms with E-state index < -0.39 is 0 Å². The zero-order chi connectivity index (χ0) is 14.7. The van der Waals surface area contributed by atoms with Gasteiger partial charge in [-0.05, 0) is 53.6 Å². The maximum Gasteiger partial charge on any atom is 0.119 e. The van der Waals surface area contributed by atoms with Gasteiger partial charge in [-0.2, -0.15) is 0 Å². The van der Waals surface area contributed by atoms with Crippen molar-refractivity contribution < 1.29 is 9.47 Å². The molecule has 0 aliphatic carbocycles. The molecule has 3 rings (SSSR count). The number of rotatable bonds is 4. The van der Waals surface area contributed by atoms with Crippen LogP contribution >= 0.6 is 0 Å². The van der Waals surface area contributed by atoms with Crippen LogP contribution < -0.4 is 10.5 Å². The molecule has 2 atom stereocenters. The molecule has 1 heterocycles. The van der Waals surface area contributed by atoms with E-state index in [1.807, 2.05) is 6.07 Å². The molecule has 0 radical (unpaired) electrons. The summed E-state index contributed by atoms with van der Waals surface area (Å²) in [5, 5.41) is 2.48. The number of fused-ring (bicyclic) bond motifs is 1. The lowest BCUT2D eigenvalue weighted by Gasteiger charge is -2.28. The van der Waals surface area contributed by atoms with Crippen LogP contribution in [0, 0.1) is 5.92 Å². The molecular weight excluding hydrogens is 262 g/mol. The molecule has 0 saturated carbocycles. The zero-order valence-corrected chi connectivity index (χ0v) is 12.5. The molecule has 1 saturated heterocycles. The average molecular weight is 285 g/mol. The lowest BCUT2D eigenvalue weighted by atomic mass is 9.88. The molecule has 0 amide bonds. The second-order valence-corrected chi connectivity index (χ2v) is 5.85. The monoisotopic (exact) mass is 285 g/mol. The van der Waals surface area contributed by atoms with Crippen molar-refractivity contribution in [2.45, 2.75) is 25.3 Å². The molecule has 2 unspecified atom stereocenters. The van der Waals surface area contributed by atoms with Crippen LogP contribution in [0.25, 0.3) is 10.8 Å². The molecule has 1 fully saturated rings. The predicted octanol–water partition coefficient (Wildman–Crippen LogP) is 3.14. The van der Waals surface area contributed by atoms with E-state index in [-0.39, 0.29) is 6.04 Å². The summed E-state index contributed by atoms with van der Waals surface area (Å²) in [6.07, 6.45) is 3.19. The van der Waals surface area contributed by atoms with Crippen molar-refractivity contribution in [3.63, 3.8) is 0 Å². The second-order valence-electron chi connectivity index (χ2n) is 5.85. The lowest BCUT2D eigenvalue weighted by Crippen LogP contribution is -2.37. The first-order chi connectivity index (χ1) is 10.3. The molecule has 0 spiro atoms. The van der Waals surface area contributed by atoms with Gasteiger partial charge in [-0.3, -0.25) is 0 Å². The maximum atomic E-state index is 6.43. The van der Waals surface area contributed by atoms with Crippen molar-refractivity contribution in [2.75, 3.05) is 20.3 Å². The van der Waals surface area contributed by atoms with Crippen LogP contribution in [0.15, 0.2) is 36.4 Å². The van der Waals surface area contributed by atoms with Gasteiger partial charge in [0.15, 0.2) is 0 Å². The van der Waals surface area contributed by atoms with E-state index in [0.29, 0.717) is 5.92 Å². The molecule has 1 aliphatic rings. The topological polar surface area (TPSA) is 44.5 Å². The van der Waals surface area contributed by atoms with E-state index in [1.54, 1.807) is 7.11 Å². The van der Waals surface area contributed by atoms with Gasteiger partial charge in [0.2, 0.25) is 0 Å². The molecule has 0 aromatic heterocycles. The van der Waals surface area contributed by atoms with Crippen LogP contribution in [0.4, 0.5) is 0 Å². The third kappa shape index (κ3) is 3.20. The van der Waals surface area contributed by atoms with Gasteiger partial charge in [0, 0.05) is 12.6 Å². The van der Waals surface area contributed by atoms with Gasteiger partial charge < -0.3 is 15.2 Å². The second kappa shape index (κ2) is 6.46. The van der Waals surface area contributed by atoms with Crippen molar-refractivity contribution in [1.82, 2.24) is 0 Å². The van der Waals surface area contributed by atoms with Crippen LogP contribution in [0.1, 0.15) is 18.4 Å². The molecule has 2 aromatic carbocycles. The maximum absolute atomic E-state index is 6.43. The number of ether oxygens (including phenoxy) is 2. The van der Waals surface area contributed by atoms with Crippen LogP contribution in [-0.4, -0.2) is 26.4 Å². The fourth-order valence-electron chi connectivity index (χ4n) is 3.15. The van der Waals surface area contributed by atoms with E-state index in [9.17, 15) is 0 Å². The lowest BCUT2D eigenvalue weighted by molar-refractivity contribution is 0.0450. The zero-order valence-electron chi connectivity index (χ0n) is 12.5. The summed E-state index contributed by atoms with van der Waals surface area (Å²) in [7, 11) is 1.70. The highest BCUT2D eigenvalue weighted by molar-refractivity contribution is 5.87. The number of hydrogen-bond donors (Lipinski definition) is 1. The van der Waals surface area contributed by atoms with E-state index in [1.165, 1.54) is 22.8 Å². The standard InChI is InChI=1S/C18H23NO2/c1-20-16-8-7-13-4-2-5-14(17(13)11-16)10-18(19)15-6-3-9-21-12-15/h2,4-5,7-8,11,15,18H,3,6,9-10,12,19H2,1H3. The van der Waals surface area contributed by atoms with Gasteiger partial charge in [-0.25, -0.2) is 0 Å². The first-order valence-corrected chi connectivity index (χ1v) is 7.67. The third-order valence-corrected chi connectivity index (χ3v) is 4.44. The smallest absolute Gasteiger partial charge is 0.119 e. The summed E-state index contributed by atoms with van der Waals surface area (Å²) >= 11 is 0. The molecule has 0 bridgehead atoms. The van der Waals surface area contributed by atoms with Crippen molar-refractivity contribution >= 4 is 10.8 Å². The Morgan fingerprint density at radius 1 is 1.33 bits per heavy atom. The van der Waals surface area contributed by atoms with Crippen molar-refractivity contribution in [2.24, 2.45) is 11.7 Å². The average Bonchev–Trinajstić information content (AvgIpc) is 2.55. The molecule has 21 heavy (non-hydrogen) atoms. The minimum atomic E-state index is 0.155. The first-order valence-electron chi connectivity index (χ1n) is 7.67. The van der Waals surface area contributed by atoms with Crippen LogP contribution in [0.5, 0.6) is 5.75 Å². The first kappa shape index (κ1) is 14.4. The van der Waals surface area contributed by atoms with Crippen LogP contribution in [0.2, 0.25) is 0 Å². The minimum absolute atomic E-state index is 0.155. The SMILES string of the molecule is COc1ccc2cccc(CC(N)C3CCCOC3)c2c1. The quantitative estimate of drug-likeness (QED) is 0.938. The Labute approximate surface area is 126 Å². The normalized spacial score (nSPS) is 20.4. The highest BCUT2D eigenvalue weighted by Crippen LogP contribution is 2.26. The number of nitrogens with two attached hydrogens (primary N) is 1. The van der Waals surface area contributed by atoms with Gasteiger partial charge in [0.1, 0.15) is 5.75 Å². The van der Waals surface area contributed by atoms with Gasteiger partial charge >= 0.3 is 0 Å². The predicted molar refractivity (Wildman–Crippen MR) is 85.7 cm³/mol. The number of hydrogen-bond acceptors (Lipinski definition) is 3.